The average molecular weight is 729 g/mol. The molecule has 0 fully saturated rings. The van der Waals surface area contributed by atoms with Gasteiger partial charge in [0.25, 0.3) is 0 Å². The van der Waals surface area contributed by atoms with Gasteiger partial charge in [0.1, 0.15) is 11.2 Å². The summed E-state index contributed by atoms with van der Waals surface area (Å²) >= 11 is 0. The van der Waals surface area contributed by atoms with Crippen LogP contribution in [0.2, 0.25) is 0 Å². The summed E-state index contributed by atoms with van der Waals surface area (Å²) in [6.45, 7) is 0. The zero-order valence-corrected chi connectivity index (χ0v) is 31.1. The molecule has 57 heavy (non-hydrogen) atoms. The molecule has 0 spiro atoms. The number of hydrogen-bond donors (Lipinski definition) is 0. The fourth-order valence-corrected chi connectivity index (χ4v) is 8.57. The molecule has 0 aliphatic heterocycles. The summed E-state index contributed by atoms with van der Waals surface area (Å²) in [6.07, 6.45) is 0. The molecular formula is C54H36N2O. The van der Waals surface area contributed by atoms with E-state index in [1.807, 2.05) is 12.1 Å². The SMILES string of the molecule is c1ccc(-c2ccccc2N(c2ccc(-c3ccc4oc5ccccc5c4c3)cc2)c2ccc3c4c(-c5ccccc5)cccc4n(-c4ccccc4)c3c2)cc1. The molecule has 0 aliphatic rings. The molecule has 0 unspecified atom stereocenters. The third-order valence-electron chi connectivity index (χ3n) is 11.2. The van der Waals surface area contributed by atoms with Crippen LogP contribution in [0.5, 0.6) is 0 Å². The van der Waals surface area contributed by atoms with Gasteiger partial charge in [-0.05, 0) is 94.5 Å². The van der Waals surface area contributed by atoms with E-state index < -0.39 is 0 Å². The molecule has 0 saturated carbocycles. The van der Waals surface area contributed by atoms with Crippen LogP contribution in [0.3, 0.4) is 0 Å². The standard InChI is InChI=1S/C54H36N2O/c1-4-15-38(16-5-1)44-21-10-12-24-49(44)55(42-30-27-37(28-31-42)40-29-34-53-48(35-40)46-22-11-13-26-52(46)57-53)43-32-33-47-51(36-43)56(41-19-8-3-9-20-41)50-25-14-23-45(54(47)50)39-17-6-2-7-18-39/h1-36H. The lowest BCUT2D eigenvalue weighted by Gasteiger charge is -2.28. The van der Waals surface area contributed by atoms with Gasteiger partial charge in [0.05, 0.1) is 16.7 Å². The minimum absolute atomic E-state index is 0.902. The molecule has 0 amide bonds. The first-order chi connectivity index (χ1) is 28.3. The fraction of sp³-hybridized carbons (Fsp3) is 0. The van der Waals surface area contributed by atoms with Crippen LogP contribution in [0.15, 0.2) is 223 Å². The molecule has 0 aliphatic carbocycles. The molecule has 3 heteroatoms. The molecule has 2 heterocycles. The second-order valence-corrected chi connectivity index (χ2v) is 14.5. The van der Waals surface area contributed by atoms with Crippen molar-refractivity contribution in [1.29, 1.82) is 0 Å². The van der Waals surface area contributed by atoms with Gasteiger partial charge in [-0.15, -0.1) is 0 Å². The number of nitrogens with zero attached hydrogens (tertiary/aromatic N) is 2. The zero-order chi connectivity index (χ0) is 37.7. The van der Waals surface area contributed by atoms with Crippen LogP contribution in [-0.4, -0.2) is 4.57 Å². The summed E-state index contributed by atoms with van der Waals surface area (Å²) in [6, 6.07) is 78.2. The van der Waals surface area contributed by atoms with Gasteiger partial charge in [0.15, 0.2) is 0 Å². The topological polar surface area (TPSA) is 21.3 Å². The predicted octanol–water partition coefficient (Wildman–Crippen LogP) is 15.2. The number of benzene rings is 9. The fourth-order valence-electron chi connectivity index (χ4n) is 8.57. The van der Waals surface area contributed by atoms with Gasteiger partial charge in [-0.3, -0.25) is 0 Å². The number of para-hydroxylation sites is 3. The Labute approximate surface area is 330 Å². The van der Waals surface area contributed by atoms with Crippen LogP contribution in [0.1, 0.15) is 0 Å². The van der Waals surface area contributed by atoms with E-state index in [0.717, 1.165) is 66.9 Å². The van der Waals surface area contributed by atoms with Crippen molar-refractivity contribution in [1.82, 2.24) is 4.57 Å². The third kappa shape index (κ3) is 5.60. The zero-order valence-electron chi connectivity index (χ0n) is 31.1. The summed E-state index contributed by atoms with van der Waals surface area (Å²) in [5.74, 6) is 0. The first-order valence-electron chi connectivity index (χ1n) is 19.4. The number of hydrogen-bond acceptors (Lipinski definition) is 2. The molecule has 268 valence electrons. The van der Waals surface area contributed by atoms with E-state index in [1.165, 1.54) is 33.0 Å². The smallest absolute Gasteiger partial charge is 0.135 e. The summed E-state index contributed by atoms with van der Waals surface area (Å²) in [5, 5.41) is 4.72. The normalized spacial score (nSPS) is 11.5. The van der Waals surface area contributed by atoms with Crippen LogP contribution in [0, 0.1) is 0 Å². The van der Waals surface area contributed by atoms with Gasteiger partial charge in [0, 0.05) is 44.2 Å². The lowest BCUT2D eigenvalue weighted by molar-refractivity contribution is 0.669. The maximum absolute atomic E-state index is 6.15. The highest BCUT2D eigenvalue weighted by atomic mass is 16.3. The van der Waals surface area contributed by atoms with Crippen molar-refractivity contribution in [3.8, 4) is 39.1 Å². The number of furan rings is 1. The minimum Gasteiger partial charge on any atom is -0.456 e. The van der Waals surface area contributed by atoms with Crippen LogP contribution < -0.4 is 4.90 Å². The van der Waals surface area contributed by atoms with Gasteiger partial charge in [-0.2, -0.15) is 0 Å². The second kappa shape index (κ2) is 13.6. The predicted molar refractivity (Wildman–Crippen MR) is 239 cm³/mol. The van der Waals surface area contributed by atoms with E-state index in [0.29, 0.717) is 0 Å². The molecule has 0 radical (unpaired) electrons. The number of aromatic nitrogens is 1. The molecule has 9 aromatic carbocycles. The van der Waals surface area contributed by atoms with Crippen molar-refractivity contribution >= 4 is 60.8 Å². The third-order valence-corrected chi connectivity index (χ3v) is 11.2. The van der Waals surface area contributed by atoms with Gasteiger partial charge in [-0.25, -0.2) is 0 Å². The minimum atomic E-state index is 0.902. The van der Waals surface area contributed by atoms with E-state index in [4.69, 9.17) is 4.42 Å². The van der Waals surface area contributed by atoms with Crippen molar-refractivity contribution in [2.24, 2.45) is 0 Å². The molecule has 11 aromatic rings. The molecule has 3 nitrogen and oxygen atoms in total. The van der Waals surface area contributed by atoms with Gasteiger partial charge < -0.3 is 13.9 Å². The summed E-state index contributed by atoms with van der Waals surface area (Å²) < 4.78 is 8.56. The Morgan fingerprint density at radius 2 is 0.965 bits per heavy atom. The van der Waals surface area contributed by atoms with Crippen LogP contribution in [0.25, 0.3) is 82.8 Å². The van der Waals surface area contributed by atoms with Crippen LogP contribution in [0.4, 0.5) is 17.1 Å². The lowest BCUT2D eigenvalue weighted by Crippen LogP contribution is -2.11. The molecule has 0 N–H and O–H groups in total. The van der Waals surface area contributed by atoms with Crippen LogP contribution >= 0.6 is 0 Å². The first-order valence-corrected chi connectivity index (χ1v) is 19.4. The van der Waals surface area contributed by atoms with Crippen LogP contribution in [-0.2, 0) is 0 Å². The number of anilines is 3. The Kier molecular flexibility index (Phi) is 7.82. The first kappa shape index (κ1) is 32.8. The molecule has 0 saturated heterocycles. The highest BCUT2D eigenvalue weighted by Gasteiger charge is 2.21. The van der Waals surface area contributed by atoms with Crippen molar-refractivity contribution in [3.05, 3.63) is 218 Å². The summed E-state index contributed by atoms with van der Waals surface area (Å²) in [7, 11) is 0. The maximum Gasteiger partial charge on any atom is 0.135 e. The van der Waals surface area contributed by atoms with E-state index in [1.54, 1.807) is 0 Å². The largest absolute Gasteiger partial charge is 0.456 e. The molecule has 0 atom stereocenters. The monoisotopic (exact) mass is 728 g/mol. The number of rotatable bonds is 7. The lowest BCUT2D eigenvalue weighted by atomic mass is 9.99. The van der Waals surface area contributed by atoms with Gasteiger partial charge in [0.2, 0.25) is 0 Å². The van der Waals surface area contributed by atoms with E-state index in [-0.39, 0.29) is 0 Å². The van der Waals surface area contributed by atoms with E-state index in [9.17, 15) is 0 Å². The molecule has 11 rings (SSSR count). The highest BCUT2D eigenvalue weighted by molar-refractivity contribution is 6.16. The van der Waals surface area contributed by atoms with Gasteiger partial charge >= 0.3 is 0 Å². The molecule has 0 bridgehead atoms. The van der Waals surface area contributed by atoms with Crippen molar-refractivity contribution < 1.29 is 4.42 Å². The quantitative estimate of drug-likeness (QED) is 0.163. The Bertz CT molecular complexity index is 3220. The highest BCUT2D eigenvalue weighted by Crippen LogP contribution is 2.45. The van der Waals surface area contributed by atoms with Crippen molar-refractivity contribution in [2.75, 3.05) is 4.90 Å². The van der Waals surface area contributed by atoms with E-state index in [2.05, 4.69) is 216 Å². The number of fused-ring (bicyclic) bond motifs is 6. The second-order valence-electron chi connectivity index (χ2n) is 14.5. The Morgan fingerprint density at radius 3 is 1.75 bits per heavy atom. The summed E-state index contributed by atoms with van der Waals surface area (Å²) in [5.41, 5.74) is 15.6. The Morgan fingerprint density at radius 1 is 0.351 bits per heavy atom. The molecular weight excluding hydrogens is 693 g/mol. The average Bonchev–Trinajstić information content (AvgIpc) is 3.83. The van der Waals surface area contributed by atoms with Crippen molar-refractivity contribution in [3.63, 3.8) is 0 Å². The Balaban J connectivity index is 1.12. The molecule has 2 aromatic heterocycles. The van der Waals surface area contributed by atoms with Gasteiger partial charge in [-0.1, -0.05) is 152 Å². The maximum atomic E-state index is 6.15. The Hall–Kier alpha value is -7.62. The summed E-state index contributed by atoms with van der Waals surface area (Å²) in [4.78, 5) is 2.41. The van der Waals surface area contributed by atoms with Crippen molar-refractivity contribution in [2.45, 2.75) is 0 Å². The van der Waals surface area contributed by atoms with E-state index >= 15 is 0 Å².